The number of hydrogen-bond acceptors (Lipinski definition) is 4. The zero-order chi connectivity index (χ0) is 23.1. The molecule has 0 unspecified atom stereocenters. The Morgan fingerprint density at radius 1 is 0.969 bits per heavy atom. The van der Waals surface area contributed by atoms with Gasteiger partial charge in [-0.15, -0.1) is 0 Å². The van der Waals surface area contributed by atoms with E-state index in [1.165, 1.54) is 22.3 Å². The summed E-state index contributed by atoms with van der Waals surface area (Å²) in [6.45, 7) is 4.03. The number of unbranched alkanes of at least 4 members (excludes halogenated alkanes) is 1. The van der Waals surface area contributed by atoms with Gasteiger partial charge in [-0.2, -0.15) is 0 Å². The second kappa shape index (κ2) is 10.3. The van der Waals surface area contributed by atoms with Crippen molar-refractivity contribution in [3.05, 3.63) is 59.7 Å². The molecule has 0 aromatic heterocycles. The number of nitrogens with one attached hydrogen (secondary N) is 2. The van der Waals surface area contributed by atoms with Crippen LogP contribution in [-0.2, 0) is 14.3 Å². The van der Waals surface area contributed by atoms with Gasteiger partial charge in [0.25, 0.3) is 0 Å². The van der Waals surface area contributed by atoms with Crippen molar-refractivity contribution >= 4 is 18.0 Å². The zero-order valence-corrected chi connectivity index (χ0v) is 18.5. The number of carbonyl (C=O) groups excluding carboxylic acids is 2. The summed E-state index contributed by atoms with van der Waals surface area (Å²) in [5, 5.41) is 14.3. The van der Waals surface area contributed by atoms with Crippen molar-refractivity contribution in [2.45, 2.75) is 51.0 Å². The van der Waals surface area contributed by atoms with E-state index in [1.54, 1.807) is 13.8 Å². The summed E-state index contributed by atoms with van der Waals surface area (Å²) in [4.78, 5) is 34.9. The first kappa shape index (κ1) is 23.3. The van der Waals surface area contributed by atoms with Crippen LogP contribution in [0.3, 0.4) is 0 Å². The molecule has 170 valence electrons. The number of amides is 2. The van der Waals surface area contributed by atoms with Crippen LogP contribution in [0.4, 0.5) is 4.79 Å². The predicted octanol–water partition coefficient (Wildman–Crippen LogP) is 4.06. The topological polar surface area (TPSA) is 105 Å². The Morgan fingerprint density at radius 2 is 1.56 bits per heavy atom. The lowest BCUT2D eigenvalue weighted by Gasteiger charge is -2.24. The molecule has 0 atom stereocenters. The van der Waals surface area contributed by atoms with Crippen LogP contribution in [0, 0.1) is 0 Å². The van der Waals surface area contributed by atoms with E-state index >= 15 is 0 Å². The first-order valence-electron chi connectivity index (χ1n) is 10.9. The molecule has 0 fully saturated rings. The molecule has 0 spiro atoms. The van der Waals surface area contributed by atoms with Crippen LogP contribution < -0.4 is 10.6 Å². The van der Waals surface area contributed by atoms with Gasteiger partial charge in [-0.1, -0.05) is 48.5 Å². The lowest BCUT2D eigenvalue weighted by Crippen LogP contribution is -2.44. The summed E-state index contributed by atoms with van der Waals surface area (Å²) in [7, 11) is 0. The fourth-order valence-corrected chi connectivity index (χ4v) is 4.11. The number of aliphatic carboxylic acids is 1. The summed E-state index contributed by atoms with van der Waals surface area (Å²) >= 11 is 0. The van der Waals surface area contributed by atoms with Gasteiger partial charge < -0.3 is 20.5 Å². The maximum absolute atomic E-state index is 12.1. The third kappa shape index (κ3) is 6.09. The summed E-state index contributed by atoms with van der Waals surface area (Å²) in [5.41, 5.74) is 3.91. The Hall–Kier alpha value is -3.35. The molecule has 0 aliphatic heterocycles. The first-order chi connectivity index (χ1) is 15.3. The number of alkyl carbamates (subject to hydrolysis) is 1. The maximum Gasteiger partial charge on any atom is 0.407 e. The van der Waals surface area contributed by atoms with E-state index in [2.05, 4.69) is 34.9 Å². The van der Waals surface area contributed by atoms with Gasteiger partial charge in [0.1, 0.15) is 6.61 Å². The monoisotopic (exact) mass is 438 g/mol. The van der Waals surface area contributed by atoms with Crippen LogP contribution in [0.2, 0.25) is 0 Å². The molecule has 0 saturated carbocycles. The Balaban J connectivity index is 1.38. The fourth-order valence-electron chi connectivity index (χ4n) is 4.11. The Morgan fingerprint density at radius 3 is 2.16 bits per heavy atom. The summed E-state index contributed by atoms with van der Waals surface area (Å²) in [5.74, 6) is -1.13. The first-order valence-corrected chi connectivity index (χ1v) is 10.9. The molecule has 0 radical (unpaired) electrons. The van der Waals surface area contributed by atoms with Gasteiger partial charge in [-0.3, -0.25) is 9.59 Å². The van der Waals surface area contributed by atoms with Crippen molar-refractivity contribution in [3.8, 4) is 11.1 Å². The molecule has 7 heteroatoms. The van der Waals surface area contributed by atoms with E-state index in [4.69, 9.17) is 9.84 Å². The second-order valence-corrected chi connectivity index (χ2v) is 8.71. The quantitative estimate of drug-likeness (QED) is 0.485. The SMILES string of the molecule is CC(C)(CC(=O)O)NC(=O)CCCCNC(=O)OCC1c2ccccc2-c2ccccc21. The van der Waals surface area contributed by atoms with E-state index in [-0.39, 0.29) is 31.3 Å². The van der Waals surface area contributed by atoms with E-state index in [0.717, 1.165) is 0 Å². The fraction of sp³-hybridized carbons (Fsp3) is 0.400. The molecular formula is C25H30N2O5. The average molecular weight is 439 g/mol. The molecule has 2 aromatic carbocycles. The molecular weight excluding hydrogens is 408 g/mol. The van der Waals surface area contributed by atoms with Gasteiger partial charge in [-0.25, -0.2) is 4.79 Å². The molecule has 2 amide bonds. The van der Waals surface area contributed by atoms with Gasteiger partial charge in [0.05, 0.1) is 6.42 Å². The summed E-state index contributed by atoms with van der Waals surface area (Å²) in [6.07, 6.45) is 0.867. The molecule has 2 aromatic rings. The average Bonchev–Trinajstić information content (AvgIpc) is 3.04. The predicted molar refractivity (Wildman–Crippen MR) is 121 cm³/mol. The van der Waals surface area contributed by atoms with Crippen molar-refractivity contribution in [2.75, 3.05) is 13.2 Å². The highest BCUT2D eigenvalue weighted by atomic mass is 16.5. The molecule has 1 aliphatic rings. The van der Waals surface area contributed by atoms with Crippen molar-refractivity contribution in [3.63, 3.8) is 0 Å². The molecule has 0 heterocycles. The molecule has 7 nitrogen and oxygen atoms in total. The number of benzene rings is 2. The van der Waals surface area contributed by atoms with Crippen LogP contribution in [0.5, 0.6) is 0 Å². The number of carbonyl (C=O) groups is 3. The number of hydrogen-bond donors (Lipinski definition) is 3. The standard InChI is InChI=1S/C25H30N2O5/c1-25(2,15-23(29)30)27-22(28)13-7-8-14-26-24(31)32-16-21-19-11-5-3-9-17(19)18-10-4-6-12-20(18)21/h3-6,9-12,21H,7-8,13-16H2,1-2H3,(H,26,31)(H,27,28)(H,29,30). The molecule has 0 bridgehead atoms. The van der Waals surface area contributed by atoms with Crippen LogP contribution in [-0.4, -0.2) is 41.8 Å². The van der Waals surface area contributed by atoms with Crippen molar-refractivity contribution in [1.29, 1.82) is 0 Å². The normalized spacial score (nSPS) is 12.6. The van der Waals surface area contributed by atoms with Crippen LogP contribution in [0.25, 0.3) is 11.1 Å². The second-order valence-electron chi connectivity index (χ2n) is 8.71. The highest BCUT2D eigenvalue weighted by Crippen LogP contribution is 2.44. The number of rotatable bonds is 10. The molecule has 0 saturated heterocycles. The Labute approximate surface area is 188 Å². The minimum absolute atomic E-state index is 0.0194. The molecule has 1 aliphatic carbocycles. The minimum atomic E-state index is -0.956. The van der Waals surface area contributed by atoms with Gasteiger partial charge in [0.15, 0.2) is 0 Å². The van der Waals surface area contributed by atoms with Crippen LogP contribution in [0.15, 0.2) is 48.5 Å². The lowest BCUT2D eigenvalue weighted by atomic mass is 9.98. The number of carboxylic acids is 1. The van der Waals surface area contributed by atoms with Crippen LogP contribution in [0.1, 0.15) is 56.6 Å². The smallest absolute Gasteiger partial charge is 0.407 e. The van der Waals surface area contributed by atoms with E-state index < -0.39 is 17.6 Å². The third-order valence-electron chi connectivity index (χ3n) is 5.51. The largest absolute Gasteiger partial charge is 0.481 e. The van der Waals surface area contributed by atoms with E-state index in [0.29, 0.717) is 19.4 Å². The highest BCUT2D eigenvalue weighted by Gasteiger charge is 2.29. The van der Waals surface area contributed by atoms with Crippen molar-refractivity contribution in [1.82, 2.24) is 10.6 Å². The molecule has 3 N–H and O–H groups in total. The number of ether oxygens (including phenoxy) is 1. The number of fused-ring (bicyclic) bond motifs is 3. The Kier molecular flexibility index (Phi) is 7.51. The number of carboxylic acid groups (broad SMARTS) is 1. The third-order valence-corrected chi connectivity index (χ3v) is 5.51. The highest BCUT2D eigenvalue weighted by molar-refractivity contribution is 5.79. The zero-order valence-electron chi connectivity index (χ0n) is 18.5. The Bertz CT molecular complexity index is 940. The summed E-state index contributed by atoms with van der Waals surface area (Å²) in [6, 6.07) is 16.3. The van der Waals surface area contributed by atoms with Gasteiger partial charge in [0.2, 0.25) is 5.91 Å². The maximum atomic E-state index is 12.1. The minimum Gasteiger partial charge on any atom is -0.481 e. The van der Waals surface area contributed by atoms with Gasteiger partial charge >= 0.3 is 12.1 Å². The lowest BCUT2D eigenvalue weighted by molar-refractivity contribution is -0.138. The van der Waals surface area contributed by atoms with Gasteiger partial charge in [0, 0.05) is 24.4 Å². The summed E-state index contributed by atoms with van der Waals surface area (Å²) < 4.78 is 5.49. The van der Waals surface area contributed by atoms with Crippen molar-refractivity contribution in [2.24, 2.45) is 0 Å². The van der Waals surface area contributed by atoms with Crippen molar-refractivity contribution < 1.29 is 24.2 Å². The molecule has 3 rings (SSSR count). The van der Waals surface area contributed by atoms with E-state index in [1.807, 2.05) is 24.3 Å². The van der Waals surface area contributed by atoms with Gasteiger partial charge in [-0.05, 0) is 48.9 Å². The molecule has 32 heavy (non-hydrogen) atoms. The van der Waals surface area contributed by atoms with E-state index in [9.17, 15) is 14.4 Å². The van der Waals surface area contributed by atoms with Crippen LogP contribution >= 0.6 is 0 Å².